The second-order valence-corrected chi connectivity index (χ2v) is 10.3. The van der Waals surface area contributed by atoms with E-state index in [4.69, 9.17) is 9.97 Å². The molecule has 0 saturated carbocycles. The number of hydrogen-bond donors (Lipinski definition) is 0. The first-order chi connectivity index (χ1) is 16.4. The summed E-state index contributed by atoms with van der Waals surface area (Å²) in [5.74, 6) is 1.11. The number of pyridine rings is 1. The Morgan fingerprint density at radius 1 is 1.00 bits per heavy atom. The van der Waals surface area contributed by atoms with Gasteiger partial charge in [-0.2, -0.15) is 0 Å². The van der Waals surface area contributed by atoms with Crippen LogP contribution in [-0.2, 0) is 19.4 Å². The van der Waals surface area contributed by atoms with E-state index in [9.17, 15) is 0 Å². The maximum Gasteiger partial charge on any atom is 0.160 e. The molecule has 0 spiro atoms. The Hall–Kier alpha value is -2.24. The third-order valence-electron chi connectivity index (χ3n) is 7.47. The van der Waals surface area contributed by atoms with Crippen molar-refractivity contribution >= 4 is 11.2 Å². The van der Waals surface area contributed by atoms with Crippen LogP contribution in [0.4, 0.5) is 0 Å². The lowest BCUT2D eigenvalue weighted by Crippen LogP contribution is -2.55. The number of aryl methyl sites for hydroxylation is 4. The van der Waals surface area contributed by atoms with Crippen LogP contribution in [0.1, 0.15) is 68.7 Å². The van der Waals surface area contributed by atoms with Crippen molar-refractivity contribution in [3.8, 4) is 0 Å². The molecule has 0 aliphatic carbocycles. The highest BCUT2D eigenvalue weighted by molar-refractivity contribution is 5.76. The van der Waals surface area contributed by atoms with Crippen LogP contribution in [0.3, 0.4) is 0 Å². The summed E-state index contributed by atoms with van der Waals surface area (Å²) < 4.78 is 2.30. The van der Waals surface area contributed by atoms with Gasteiger partial charge in [0.2, 0.25) is 0 Å². The Bertz CT molecular complexity index is 1080. The predicted molar refractivity (Wildman–Crippen MR) is 143 cm³/mol. The van der Waals surface area contributed by atoms with Crippen LogP contribution in [0.25, 0.3) is 11.2 Å². The van der Waals surface area contributed by atoms with Crippen molar-refractivity contribution in [3.05, 3.63) is 58.5 Å². The van der Waals surface area contributed by atoms with Gasteiger partial charge in [0, 0.05) is 43.8 Å². The van der Waals surface area contributed by atoms with Crippen molar-refractivity contribution in [3.63, 3.8) is 0 Å². The van der Waals surface area contributed by atoms with Gasteiger partial charge in [-0.05, 0) is 76.3 Å². The molecule has 1 aliphatic heterocycles. The van der Waals surface area contributed by atoms with Crippen LogP contribution in [0, 0.1) is 13.8 Å². The molecule has 34 heavy (non-hydrogen) atoms. The van der Waals surface area contributed by atoms with Crippen LogP contribution >= 0.6 is 0 Å². The van der Waals surface area contributed by atoms with Gasteiger partial charge in [-0.15, -0.1) is 0 Å². The van der Waals surface area contributed by atoms with E-state index in [1.54, 1.807) is 0 Å². The summed E-state index contributed by atoms with van der Waals surface area (Å²) in [6.07, 6.45) is 4.54. The largest absolute Gasteiger partial charge is 0.308 e. The van der Waals surface area contributed by atoms with Crippen LogP contribution < -0.4 is 0 Å². The molecule has 1 atom stereocenters. The Labute approximate surface area is 206 Å². The molecule has 1 unspecified atom stereocenters. The van der Waals surface area contributed by atoms with Gasteiger partial charge in [0.25, 0.3) is 0 Å². The summed E-state index contributed by atoms with van der Waals surface area (Å²) in [5.41, 5.74) is 7.07. The lowest BCUT2D eigenvalue weighted by atomic mass is 10.0. The van der Waals surface area contributed by atoms with Gasteiger partial charge in [-0.3, -0.25) is 4.90 Å². The van der Waals surface area contributed by atoms with Gasteiger partial charge < -0.3 is 9.47 Å². The molecule has 2 aromatic heterocycles. The number of benzene rings is 1. The minimum Gasteiger partial charge on any atom is -0.308 e. The molecule has 3 aromatic rings. The maximum absolute atomic E-state index is 4.89. The molecule has 1 fully saturated rings. The Morgan fingerprint density at radius 3 is 2.41 bits per heavy atom. The van der Waals surface area contributed by atoms with E-state index in [-0.39, 0.29) is 0 Å². The van der Waals surface area contributed by atoms with E-state index in [2.05, 4.69) is 86.2 Å². The van der Waals surface area contributed by atoms with Gasteiger partial charge in [-0.1, -0.05) is 38.1 Å². The predicted octanol–water partition coefficient (Wildman–Crippen LogP) is 5.40. The Morgan fingerprint density at radius 2 is 1.74 bits per heavy atom. The average molecular weight is 462 g/mol. The summed E-state index contributed by atoms with van der Waals surface area (Å²) in [7, 11) is 0. The van der Waals surface area contributed by atoms with Crippen LogP contribution in [0.5, 0.6) is 0 Å². The van der Waals surface area contributed by atoms with Gasteiger partial charge in [0.05, 0.1) is 6.54 Å². The molecule has 0 radical (unpaired) electrons. The van der Waals surface area contributed by atoms with E-state index in [1.807, 2.05) is 0 Å². The summed E-state index contributed by atoms with van der Waals surface area (Å²) >= 11 is 0. The van der Waals surface area contributed by atoms with E-state index in [0.29, 0.717) is 12.1 Å². The summed E-state index contributed by atoms with van der Waals surface area (Å²) in [6.45, 7) is 19.0. The summed E-state index contributed by atoms with van der Waals surface area (Å²) in [6, 6.07) is 12.7. The smallest absolute Gasteiger partial charge is 0.160 e. The number of nitrogens with zero attached hydrogens (tertiary/aromatic N) is 5. The lowest BCUT2D eigenvalue weighted by molar-refractivity contribution is 0.0490. The first-order valence-corrected chi connectivity index (χ1v) is 13.3. The SMILES string of the molecule is CCc1nc2c(C)cc(C)nc2n1Cc1ccc(CCCN2CCN(C(C)C)C(CC)C2)cc1. The molecular weight excluding hydrogens is 418 g/mol. The second-order valence-electron chi connectivity index (χ2n) is 10.3. The molecule has 4 rings (SSSR count). The van der Waals surface area contributed by atoms with E-state index < -0.39 is 0 Å². The highest BCUT2D eigenvalue weighted by atomic mass is 15.3. The highest BCUT2D eigenvalue weighted by Crippen LogP contribution is 2.21. The average Bonchev–Trinajstić information content (AvgIpc) is 3.17. The molecule has 5 heteroatoms. The minimum absolute atomic E-state index is 0.656. The number of piperazine rings is 1. The van der Waals surface area contributed by atoms with Gasteiger partial charge in [0.15, 0.2) is 5.65 Å². The first kappa shape index (κ1) is 24.9. The molecule has 1 aliphatic rings. The number of imidazole rings is 1. The normalized spacial score (nSPS) is 17.8. The lowest BCUT2D eigenvalue weighted by Gasteiger charge is -2.43. The van der Waals surface area contributed by atoms with Crippen molar-refractivity contribution in [2.45, 2.75) is 85.9 Å². The molecule has 0 N–H and O–H groups in total. The molecule has 0 bridgehead atoms. The Kier molecular flexibility index (Phi) is 8.05. The van der Waals surface area contributed by atoms with E-state index >= 15 is 0 Å². The van der Waals surface area contributed by atoms with Crippen molar-refractivity contribution in [2.75, 3.05) is 26.2 Å². The van der Waals surface area contributed by atoms with Gasteiger partial charge in [-0.25, -0.2) is 9.97 Å². The zero-order valence-electron chi connectivity index (χ0n) is 22.1. The Balaban J connectivity index is 1.35. The number of fused-ring (bicyclic) bond motifs is 1. The zero-order valence-corrected chi connectivity index (χ0v) is 22.1. The summed E-state index contributed by atoms with van der Waals surface area (Å²) in [4.78, 5) is 15.1. The molecule has 1 saturated heterocycles. The molecule has 3 heterocycles. The topological polar surface area (TPSA) is 37.2 Å². The monoisotopic (exact) mass is 461 g/mol. The molecule has 1 aromatic carbocycles. The summed E-state index contributed by atoms with van der Waals surface area (Å²) in [5, 5.41) is 0. The molecular formula is C29H43N5. The van der Waals surface area contributed by atoms with Gasteiger partial charge in [0.1, 0.15) is 11.3 Å². The van der Waals surface area contributed by atoms with Crippen LogP contribution in [-0.4, -0.2) is 62.6 Å². The fourth-order valence-electron chi connectivity index (χ4n) is 5.57. The van der Waals surface area contributed by atoms with E-state index in [1.165, 1.54) is 55.7 Å². The highest BCUT2D eigenvalue weighted by Gasteiger charge is 2.26. The number of rotatable bonds is 9. The van der Waals surface area contributed by atoms with Crippen molar-refractivity contribution < 1.29 is 0 Å². The van der Waals surface area contributed by atoms with Gasteiger partial charge >= 0.3 is 0 Å². The standard InChI is InChI=1S/C29H43N5/c1-7-26-20-32(16-17-33(26)21(3)4)15-9-10-24-11-13-25(14-12-24)19-34-27(8-2)31-28-22(5)18-23(6)30-29(28)34/h11-14,18,21,26H,7-10,15-17,19-20H2,1-6H3. The minimum atomic E-state index is 0.656. The van der Waals surface area contributed by atoms with Crippen molar-refractivity contribution in [1.82, 2.24) is 24.3 Å². The maximum atomic E-state index is 4.89. The third-order valence-corrected chi connectivity index (χ3v) is 7.47. The van der Waals surface area contributed by atoms with Crippen LogP contribution in [0.2, 0.25) is 0 Å². The van der Waals surface area contributed by atoms with E-state index in [0.717, 1.165) is 42.1 Å². The number of aromatic nitrogens is 3. The molecule has 0 amide bonds. The molecule has 5 nitrogen and oxygen atoms in total. The number of hydrogen-bond acceptors (Lipinski definition) is 4. The molecule has 184 valence electrons. The van der Waals surface area contributed by atoms with Crippen molar-refractivity contribution in [1.29, 1.82) is 0 Å². The van der Waals surface area contributed by atoms with Crippen LogP contribution in [0.15, 0.2) is 30.3 Å². The fourth-order valence-corrected chi connectivity index (χ4v) is 5.57. The fraction of sp³-hybridized carbons (Fsp3) is 0.586. The zero-order chi connectivity index (χ0) is 24.2. The van der Waals surface area contributed by atoms with Crippen molar-refractivity contribution in [2.24, 2.45) is 0 Å². The second kappa shape index (κ2) is 11.0. The third kappa shape index (κ3) is 5.52. The quantitative estimate of drug-likeness (QED) is 0.428. The first-order valence-electron chi connectivity index (χ1n) is 13.3.